The molecule has 0 unspecified atom stereocenters. The number of thioether (sulfide) groups is 1. The minimum Gasteiger partial charge on any atom is -0.492 e. The van der Waals surface area contributed by atoms with Gasteiger partial charge in [0.15, 0.2) is 0 Å². The van der Waals surface area contributed by atoms with E-state index in [1.807, 2.05) is 67.2 Å². The van der Waals surface area contributed by atoms with Crippen molar-refractivity contribution in [1.82, 2.24) is 0 Å². The van der Waals surface area contributed by atoms with Gasteiger partial charge in [0.1, 0.15) is 23.9 Å². The lowest BCUT2D eigenvalue weighted by Crippen LogP contribution is -2.33. The zero-order chi connectivity index (χ0) is 19.9. The molecule has 0 saturated heterocycles. The van der Waals surface area contributed by atoms with Gasteiger partial charge < -0.3 is 14.4 Å². The van der Waals surface area contributed by atoms with E-state index in [9.17, 15) is 0 Å². The van der Waals surface area contributed by atoms with Crippen molar-refractivity contribution in [1.29, 1.82) is 0 Å². The third kappa shape index (κ3) is 5.36. The number of rotatable bonds is 7. The lowest BCUT2D eigenvalue weighted by molar-refractivity contribution is 0.324. The topological polar surface area (TPSA) is 21.7 Å². The third-order valence-corrected chi connectivity index (χ3v) is 5.77. The van der Waals surface area contributed by atoms with Crippen molar-refractivity contribution in [2.75, 3.05) is 30.3 Å². The van der Waals surface area contributed by atoms with E-state index in [0.29, 0.717) is 6.61 Å². The molecule has 1 aliphatic rings. The normalized spacial score (nSPS) is 13.7. The zero-order valence-electron chi connectivity index (χ0n) is 16.6. The van der Waals surface area contributed by atoms with E-state index in [4.69, 9.17) is 9.47 Å². The maximum Gasteiger partial charge on any atom is 0.126 e. The molecule has 0 bridgehead atoms. The summed E-state index contributed by atoms with van der Waals surface area (Å²) in [7, 11) is 0. The van der Waals surface area contributed by atoms with Crippen LogP contribution >= 0.6 is 11.8 Å². The summed E-state index contributed by atoms with van der Waals surface area (Å²) in [6, 6.07) is 26.6. The Balaban J connectivity index is 1.29. The molecule has 0 aromatic heterocycles. The Morgan fingerprint density at radius 1 is 0.931 bits per heavy atom. The fraction of sp³-hybridized carbons (Fsp3) is 0.200. The second-order valence-electron chi connectivity index (χ2n) is 6.89. The van der Waals surface area contributed by atoms with Crippen LogP contribution in [0.2, 0.25) is 0 Å². The van der Waals surface area contributed by atoms with Crippen molar-refractivity contribution in [3.63, 3.8) is 0 Å². The molecule has 3 nitrogen and oxygen atoms in total. The summed E-state index contributed by atoms with van der Waals surface area (Å²) in [5.74, 6) is 3.72. The molecule has 1 heterocycles. The monoisotopic (exact) mass is 403 g/mol. The number of anilines is 1. The first kappa shape index (κ1) is 19.5. The van der Waals surface area contributed by atoms with E-state index in [2.05, 4.69) is 41.3 Å². The molecular formula is C25H25NO2S. The van der Waals surface area contributed by atoms with Crippen molar-refractivity contribution in [2.45, 2.75) is 11.8 Å². The van der Waals surface area contributed by atoms with Gasteiger partial charge in [-0.15, -0.1) is 11.8 Å². The van der Waals surface area contributed by atoms with Crippen LogP contribution in [0.1, 0.15) is 12.5 Å². The number of nitrogens with zero attached hydrogens (tertiary/aromatic N) is 1. The van der Waals surface area contributed by atoms with Crippen LogP contribution < -0.4 is 14.4 Å². The van der Waals surface area contributed by atoms with Gasteiger partial charge in [0.25, 0.3) is 0 Å². The van der Waals surface area contributed by atoms with Crippen LogP contribution in [0.3, 0.4) is 0 Å². The van der Waals surface area contributed by atoms with E-state index < -0.39 is 0 Å². The van der Waals surface area contributed by atoms with Crippen LogP contribution in [-0.4, -0.2) is 25.4 Å². The maximum absolute atomic E-state index is 5.98. The summed E-state index contributed by atoms with van der Waals surface area (Å²) in [6.07, 6.45) is 2.03. The Labute approximate surface area is 177 Å². The summed E-state index contributed by atoms with van der Waals surface area (Å²) < 4.78 is 11.8. The smallest absolute Gasteiger partial charge is 0.126 e. The predicted molar refractivity (Wildman–Crippen MR) is 122 cm³/mol. The van der Waals surface area contributed by atoms with Crippen LogP contribution in [0.4, 0.5) is 5.69 Å². The van der Waals surface area contributed by atoms with Gasteiger partial charge in [-0.05, 0) is 55.0 Å². The Kier molecular flexibility index (Phi) is 6.42. The third-order valence-electron chi connectivity index (χ3n) is 4.73. The number of benzene rings is 3. The number of para-hydroxylation sites is 2. The van der Waals surface area contributed by atoms with Crippen molar-refractivity contribution >= 4 is 23.5 Å². The van der Waals surface area contributed by atoms with E-state index >= 15 is 0 Å². The predicted octanol–water partition coefficient (Wildman–Crippen LogP) is 6.12. The average Bonchev–Trinajstić information content (AvgIpc) is 2.76. The number of hydrogen-bond acceptors (Lipinski definition) is 4. The molecule has 4 rings (SSSR count). The number of hydrogen-bond donors (Lipinski definition) is 0. The summed E-state index contributed by atoms with van der Waals surface area (Å²) >= 11 is 1.93. The lowest BCUT2D eigenvalue weighted by Gasteiger charge is -2.30. The van der Waals surface area contributed by atoms with E-state index in [-0.39, 0.29) is 0 Å². The summed E-state index contributed by atoms with van der Waals surface area (Å²) in [5.41, 5.74) is 2.41. The highest BCUT2D eigenvalue weighted by Crippen LogP contribution is 2.34. The van der Waals surface area contributed by atoms with Gasteiger partial charge >= 0.3 is 0 Å². The molecular weight excluding hydrogens is 378 g/mol. The molecule has 0 fully saturated rings. The van der Waals surface area contributed by atoms with Crippen LogP contribution in [0.15, 0.2) is 89.5 Å². The highest BCUT2D eigenvalue weighted by molar-refractivity contribution is 7.99. The second-order valence-corrected chi connectivity index (χ2v) is 8.03. The lowest BCUT2D eigenvalue weighted by atomic mass is 10.2. The Morgan fingerprint density at radius 2 is 1.69 bits per heavy atom. The number of fused-ring (bicyclic) bond motifs is 1. The van der Waals surface area contributed by atoms with Crippen molar-refractivity contribution < 1.29 is 9.47 Å². The second kappa shape index (κ2) is 9.57. The summed E-state index contributed by atoms with van der Waals surface area (Å²) in [6.45, 7) is 4.59. The molecule has 0 spiro atoms. The van der Waals surface area contributed by atoms with Crippen LogP contribution in [0, 0.1) is 0 Å². The molecule has 0 saturated carbocycles. The first-order chi connectivity index (χ1) is 14.3. The Morgan fingerprint density at radius 3 is 2.52 bits per heavy atom. The number of allylic oxidation sites excluding steroid dienone is 1. The molecule has 1 aliphatic heterocycles. The molecule has 148 valence electrons. The molecule has 0 amide bonds. The van der Waals surface area contributed by atoms with E-state index in [1.165, 1.54) is 10.6 Å². The van der Waals surface area contributed by atoms with Gasteiger partial charge in [-0.3, -0.25) is 0 Å². The molecule has 0 atom stereocenters. The van der Waals surface area contributed by atoms with Crippen LogP contribution in [0.5, 0.6) is 11.5 Å². The van der Waals surface area contributed by atoms with Gasteiger partial charge in [0.2, 0.25) is 0 Å². The van der Waals surface area contributed by atoms with Gasteiger partial charge in [0.05, 0.1) is 12.2 Å². The molecule has 0 radical (unpaired) electrons. The summed E-state index contributed by atoms with van der Waals surface area (Å²) in [5, 5.41) is 0. The molecule has 3 aromatic rings. The van der Waals surface area contributed by atoms with Crippen molar-refractivity contribution in [2.24, 2.45) is 0 Å². The Bertz CT molecular complexity index is 954. The SMILES string of the molecule is C/C(=C/c1ccc(OCCN2CCSc3ccccc32)cc1)Oc1ccccc1. The fourth-order valence-electron chi connectivity index (χ4n) is 3.33. The first-order valence-electron chi connectivity index (χ1n) is 9.89. The molecule has 0 aliphatic carbocycles. The van der Waals surface area contributed by atoms with Crippen LogP contribution in [0.25, 0.3) is 6.08 Å². The minimum absolute atomic E-state index is 0.671. The summed E-state index contributed by atoms with van der Waals surface area (Å²) in [4.78, 5) is 3.77. The number of ether oxygens (including phenoxy) is 2. The molecule has 0 N–H and O–H groups in total. The molecule has 4 heteroatoms. The average molecular weight is 404 g/mol. The van der Waals surface area contributed by atoms with Crippen molar-refractivity contribution in [3.05, 3.63) is 90.2 Å². The van der Waals surface area contributed by atoms with E-state index in [0.717, 1.165) is 41.7 Å². The maximum atomic E-state index is 5.98. The first-order valence-corrected chi connectivity index (χ1v) is 10.9. The van der Waals surface area contributed by atoms with Crippen molar-refractivity contribution in [3.8, 4) is 11.5 Å². The Hall–Kier alpha value is -2.85. The largest absolute Gasteiger partial charge is 0.492 e. The highest BCUT2D eigenvalue weighted by Gasteiger charge is 2.16. The standard InChI is InChI=1S/C25H25NO2S/c1-20(28-23-7-3-2-4-8-23)19-21-11-13-22(14-12-21)27-17-15-26-16-18-29-25-10-6-5-9-24(25)26/h2-14,19H,15-18H2,1H3/b20-19-. The van der Waals surface area contributed by atoms with Gasteiger partial charge in [-0.2, -0.15) is 0 Å². The quantitative estimate of drug-likeness (QED) is 0.443. The minimum atomic E-state index is 0.671. The van der Waals surface area contributed by atoms with Gasteiger partial charge in [-0.25, -0.2) is 0 Å². The van der Waals surface area contributed by atoms with Crippen LogP contribution in [-0.2, 0) is 0 Å². The van der Waals surface area contributed by atoms with E-state index in [1.54, 1.807) is 0 Å². The fourth-order valence-corrected chi connectivity index (χ4v) is 4.38. The molecule has 3 aromatic carbocycles. The highest BCUT2D eigenvalue weighted by atomic mass is 32.2. The van der Waals surface area contributed by atoms with Gasteiger partial charge in [-0.1, -0.05) is 42.5 Å². The zero-order valence-corrected chi connectivity index (χ0v) is 17.4. The van der Waals surface area contributed by atoms with Gasteiger partial charge in [0, 0.05) is 17.2 Å². The molecule has 29 heavy (non-hydrogen) atoms.